The van der Waals surface area contributed by atoms with Crippen LogP contribution in [0.5, 0.6) is 0 Å². The van der Waals surface area contributed by atoms with E-state index < -0.39 is 38.3 Å². The van der Waals surface area contributed by atoms with Crippen LogP contribution in [0.3, 0.4) is 0 Å². The fraction of sp³-hybridized carbons (Fsp3) is 0.140. The van der Waals surface area contributed by atoms with Gasteiger partial charge < -0.3 is 17.9 Å². The van der Waals surface area contributed by atoms with Crippen LogP contribution in [-0.2, 0) is 33.1 Å². The smallest absolute Gasteiger partial charge is 0.179 e. The summed E-state index contributed by atoms with van der Waals surface area (Å²) in [6, 6.07) is 70.6. The van der Waals surface area contributed by atoms with Gasteiger partial charge in [-0.05, 0) is 47.1 Å². The molecule has 0 heterocycles. The topological polar surface area (TPSA) is 72.0 Å². The predicted octanol–water partition coefficient (Wildman–Crippen LogP) is 7.15. The minimum atomic E-state index is -3.94. The maximum absolute atomic E-state index is 14.3. The molecule has 2 atom stereocenters. The summed E-state index contributed by atoms with van der Waals surface area (Å²) >= 11 is 1.82. The van der Waals surface area contributed by atoms with E-state index in [2.05, 4.69) is 215 Å². The van der Waals surface area contributed by atoms with Gasteiger partial charge in [-0.15, -0.1) is 6.04 Å². The molecule has 1 aliphatic rings. The van der Waals surface area contributed by atoms with Gasteiger partial charge in [-0.3, -0.25) is 0 Å². The van der Waals surface area contributed by atoms with Crippen molar-refractivity contribution >= 4 is 77.4 Å². The van der Waals surface area contributed by atoms with Crippen molar-refractivity contribution in [2.75, 3.05) is 0 Å². The third-order valence-electron chi connectivity index (χ3n) is 11.5. The molecule has 0 bridgehead atoms. The number of hydrogen-bond donors (Lipinski definition) is 0. The molecule has 8 rings (SSSR count). The van der Waals surface area contributed by atoms with Gasteiger partial charge >= 0.3 is 27.0 Å². The number of sulfonamides is 1. The summed E-state index contributed by atoms with van der Waals surface area (Å²) in [5, 5.41) is 9.58. The van der Waals surface area contributed by atoms with Gasteiger partial charge in [-0.25, -0.2) is 8.42 Å². The summed E-state index contributed by atoms with van der Waals surface area (Å²) in [6.07, 6.45) is 3.16. The van der Waals surface area contributed by atoms with Crippen LogP contribution in [-0.4, -0.2) is 36.6 Å². The molecule has 0 aromatic heterocycles. The third-order valence-corrected chi connectivity index (χ3v) is 22.3. The van der Waals surface area contributed by atoms with Crippen molar-refractivity contribution in [1.82, 2.24) is 0 Å². The number of nitrogens with one attached hydrogen (secondary N) is 1. The van der Waals surface area contributed by atoms with Crippen molar-refractivity contribution in [3.63, 3.8) is 0 Å². The molecule has 7 aromatic carbocycles. The first-order valence-corrected chi connectivity index (χ1v) is 27.5. The van der Waals surface area contributed by atoms with E-state index in [1.54, 1.807) is 0 Å². The fourth-order valence-corrected chi connectivity index (χ4v) is 20.2. The Bertz CT molecular complexity index is 2130. The van der Waals surface area contributed by atoms with Crippen LogP contribution >= 0.6 is 9.69 Å². The molecule has 2 unspecified atom stereocenters. The Kier molecular flexibility index (Phi) is 15.3. The largest absolute Gasteiger partial charge is 0.676 e. The second-order valence-electron chi connectivity index (χ2n) is 14.9. The molecule has 0 aliphatic heterocycles. The van der Waals surface area contributed by atoms with E-state index in [0.29, 0.717) is 12.8 Å². The van der Waals surface area contributed by atoms with Gasteiger partial charge in [0, 0.05) is 0 Å². The maximum Gasteiger partial charge on any atom is 0.179 e. The van der Waals surface area contributed by atoms with Gasteiger partial charge in [-0.1, -0.05) is 226 Å². The Morgan fingerprint density at radius 1 is 0.492 bits per heavy atom. The maximum atomic E-state index is 14.3. The Morgan fingerprint density at radius 2 is 0.780 bits per heavy atom. The minimum Gasteiger partial charge on any atom is -0.676 e. The minimum absolute atomic E-state index is 0. The molecule has 1 N–H and O–H groups in total. The van der Waals surface area contributed by atoms with Crippen LogP contribution in [0.2, 0.25) is 0 Å². The van der Waals surface area contributed by atoms with Crippen molar-refractivity contribution in [3.05, 3.63) is 224 Å². The van der Waals surface area contributed by atoms with Crippen LogP contribution in [0, 0.1) is 7.43 Å². The average Bonchev–Trinajstić information content (AvgIpc) is 3.28. The summed E-state index contributed by atoms with van der Waals surface area (Å²) < 4.78 is 33.1. The summed E-state index contributed by atoms with van der Waals surface area (Å²) in [5.41, 5.74) is 9.37. The van der Waals surface area contributed by atoms with Gasteiger partial charge in [0.25, 0.3) is 0 Å². The van der Waals surface area contributed by atoms with E-state index in [4.69, 9.17) is 5.73 Å². The molecule has 0 amide bonds. The first-order valence-electron chi connectivity index (χ1n) is 19.7. The molecule has 59 heavy (non-hydrogen) atoms. The zero-order valence-corrected chi connectivity index (χ0v) is 38.5. The monoisotopic (exact) mass is 934 g/mol. The first kappa shape index (κ1) is 44.3. The molecule has 4 nitrogen and oxygen atoms in total. The molecule has 9 heteroatoms. The van der Waals surface area contributed by atoms with E-state index in [9.17, 15) is 8.42 Å². The molecule has 1 aliphatic carbocycles. The Balaban J connectivity index is 0.00000192. The second kappa shape index (κ2) is 20.3. The van der Waals surface area contributed by atoms with Gasteiger partial charge in [0.05, 0.1) is 15.8 Å². The van der Waals surface area contributed by atoms with Crippen molar-refractivity contribution < 1.29 is 25.7 Å². The normalized spacial score (nSPS) is 15.6. The van der Waals surface area contributed by atoms with Crippen molar-refractivity contribution in [3.8, 4) is 0 Å². The van der Waals surface area contributed by atoms with Gasteiger partial charge in [0.2, 0.25) is 0 Å². The van der Waals surface area contributed by atoms with Gasteiger partial charge in [0.15, 0.2) is 16.1 Å². The van der Waals surface area contributed by atoms with Crippen LogP contribution in [0.25, 0.3) is 10.5 Å². The Morgan fingerprint density at radius 3 is 1.07 bits per heavy atom. The fourth-order valence-electron chi connectivity index (χ4n) is 9.03. The number of halogens is 1. The third kappa shape index (κ3) is 9.25. The SMILES string of the molecule is [CH3-].[Cl][Ru+3].[NH-]C1CCCCC1[N-]S(=O)(=O)Cc1cc([Si](c2ccccc2)(c2ccccc2)c2ccccc2)cc([Si](c2ccccc2)(c2ccccc2)c2ccccc2)c1. The molecular weight excluding hydrogens is 885 g/mol. The number of rotatable bonds is 12. The number of nitrogens with zero attached hydrogens (tertiary/aromatic N) is 1. The Hall–Kier alpha value is -4.24. The van der Waals surface area contributed by atoms with Crippen LogP contribution in [0.1, 0.15) is 31.2 Å². The van der Waals surface area contributed by atoms with Crippen molar-refractivity contribution in [2.24, 2.45) is 0 Å². The number of hydrogen-bond acceptors (Lipinski definition) is 2. The summed E-state index contributed by atoms with van der Waals surface area (Å²) in [5.74, 6) is -0.233. The molecule has 300 valence electrons. The van der Waals surface area contributed by atoms with Gasteiger partial charge in [0.1, 0.15) is 0 Å². The van der Waals surface area contributed by atoms with E-state index in [1.165, 1.54) is 31.1 Å². The zero-order chi connectivity index (χ0) is 40.4. The van der Waals surface area contributed by atoms with Crippen molar-refractivity contribution in [1.29, 1.82) is 0 Å². The van der Waals surface area contributed by atoms with E-state index >= 15 is 0 Å². The van der Waals surface area contributed by atoms with Gasteiger partial charge in [-0.2, -0.15) is 6.04 Å². The zero-order valence-electron chi connectivity index (χ0n) is 33.1. The second-order valence-corrected chi connectivity index (χ2v) is 24.2. The van der Waals surface area contributed by atoms with Crippen LogP contribution in [0.15, 0.2) is 200 Å². The summed E-state index contributed by atoms with van der Waals surface area (Å²) in [7, 11) is -5.59. The molecular formula is C50H49ClN2O2RuSSi2. The number of benzene rings is 7. The van der Waals surface area contributed by atoms with E-state index in [-0.39, 0.29) is 13.2 Å². The molecule has 0 spiro atoms. The van der Waals surface area contributed by atoms with Crippen molar-refractivity contribution in [2.45, 2.75) is 43.5 Å². The molecule has 0 saturated heterocycles. The summed E-state index contributed by atoms with van der Waals surface area (Å²) in [4.78, 5) is 0. The summed E-state index contributed by atoms with van der Waals surface area (Å²) in [6.45, 7) is 0. The average molecular weight is 935 g/mol. The Labute approximate surface area is 367 Å². The van der Waals surface area contributed by atoms with E-state index in [1.807, 2.05) is 17.3 Å². The van der Waals surface area contributed by atoms with E-state index in [0.717, 1.165) is 28.8 Å². The van der Waals surface area contributed by atoms with Crippen LogP contribution in [0.4, 0.5) is 0 Å². The first-order chi connectivity index (χ1) is 28.4. The van der Waals surface area contributed by atoms with Crippen LogP contribution < -0.4 is 41.5 Å². The predicted molar refractivity (Wildman–Crippen MR) is 252 cm³/mol. The molecule has 0 radical (unpaired) electrons. The molecule has 1 fully saturated rings. The quantitative estimate of drug-likeness (QED) is 0.0743. The molecule has 1 saturated carbocycles. The standard InChI is InChI=1S/C49H46N2O2SSi2.CH3.ClH.Ru/c50-48-33-19-20-34-49(48)51-54(52,53)38-39-35-46(55(40-21-7-1-8-22-40,41-23-9-2-10-24-41)42-25-11-3-12-26-42)37-47(36-39)56(43-27-13-4-14-28-43,44-29-15-5-16-30-44)45-31-17-6-18-32-45;;;/h1-18,21-32,35-37,48-50H,19-20,33-34,38H2;1H3;1H;/q-2;-1;;+4/p-1. The molecule has 7 aromatic rings.